The number of unbranched alkanes of at least 4 members (excludes halogenated alkanes) is 4. The summed E-state index contributed by atoms with van der Waals surface area (Å²) >= 11 is 0. The number of nitrogens with zero attached hydrogens (tertiary/aromatic N) is 1. The van der Waals surface area contributed by atoms with Crippen LogP contribution in [0.1, 0.15) is 88.1 Å². The summed E-state index contributed by atoms with van der Waals surface area (Å²) in [4.78, 5) is 16.8. The van der Waals surface area contributed by atoms with E-state index in [-0.39, 0.29) is 5.97 Å². The summed E-state index contributed by atoms with van der Waals surface area (Å²) in [6.45, 7) is 7.25. The lowest BCUT2D eigenvalue weighted by molar-refractivity contribution is 0.0497. The average molecular weight is 396 g/mol. The smallest absolute Gasteiger partial charge is 0.338 e. The highest BCUT2D eigenvalue weighted by molar-refractivity contribution is 5.90. The van der Waals surface area contributed by atoms with Gasteiger partial charge in [-0.1, -0.05) is 77.5 Å². The highest BCUT2D eigenvalue weighted by atomic mass is 16.5. The molecular weight excluding hydrogens is 358 g/mol. The minimum absolute atomic E-state index is 0.238. The van der Waals surface area contributed by atoms with Crippen LogP contribution in [0.2, 0.25) is 0 Å². The van der Waals surface area contributed by atoms with Crippen LogP contribution in [0.5, 0.6) is 0 Å². The highest BCUT2D eigenvalue weighted by Gasteiger charge is 2.08. The van der Waals surface area contributed by atoms with E-state index in [2.05, 4.69) is 37.9 Å². The van der Waals surface area contributed by atoms with Crippen molar-refractivity contribution in [2.75, 3.05) is 6.61 Å². The second-order valence-corrected chi connectivity index (χ2v) is 8.08. The van der Waals surface area contributed by atoms with Gasteiger partial charge in [-0.25, -0.2) is 4.79 Å². The zero-order chi connectivity index (χ0) is 20.9. The molecule has 3 nitrogen and oxygen atoms in total. The van der Waals surface area contributed by atoms with Crippen LogP contribution in [0.4, 0.5) is 0 Å². The third kappa shape index (κ3) is 8.39. The van der Waals surface area contributed by atoms with Gasteiger partial charge >= 0.3 is 5.97 Å². The molecule has 1 heterocycles. The second kappa shape index (κ2) is 13.1. The predicted molar refractivity (Wildman–Crippen MR) is 121 cm³/mol. The van der Waals surface area contributed by atoms with E-state index in [1.807, 2.05) is 30.5 Å². The lowest BCUT2D eigenvalue weighted by Crippen LogP contribution is -2.06. The maximum absolute atomic E-state index is 12.2. The number of aryl methyl sites for hydroxylation is 1. The molecule has 0 N–H and O–H groups in total. The molecule has 1 aromatic heterocycles. The van der Waals surface area contributed by atoms with Crippen LogP contribution in [0, 0.1) is 5.92 Å². The summed E-state index contributed by atoms with van der Waals surface area (Å²) in [5.74, 6) is 0.556. The Morgan fingerprint density at radius 3 is 2.41 bits per heavy atom. The van der Waals surface area contributed by atoms with Crippen molar-refractivity contribution in [1.29, 1.82) is 0 Å². The highest BCUT2D eigenvalue weighted by Crippen LogP contribution is 2.19. The van der Waals surface area contributed by atoms with Gasteiger partial charge in [-0.2, -0.15) is 0 Å². The van der Waals surface area contributed by atoms with Crippen LogP contribution >= 0.6 is 0 Å². The van der Waals surface area contributed by atoms with E-state index in [0.717, 1.165) is 36.4 Å². The summed E-state index contributed by atoms with van der Waals surface area (Å²) in [6, 6.07) is 11.8. The minimum Gasteiger partial charge on any atom is -0.462 e. The standard InChI is InChI=1S/C26H37NO2/c1-4-6-8-12-22-13-18-25(27-20-22)23-14-16-24(17-15-23)26(28)29-19-10-7-9-11-21(3)5-2/h13-18,20-21H,4-12,19H2,1-3H3. The van der Waals surface area contributed by atoms with Crippen molar-refractivity contribution >= 4 is 5.97 Å². The molecule has 0 saturated carbocycles. The van der Waals surface area contributed by atoms with E-state index in [0.29, 0.717) is 12.2 Å². The number of pyridine rings is 1. The monoisotopic (exact) mass is 395 g/mol. The van der Waals surface area contributed by atoms with Gasteiger partial charge in [0.15, 0.2) is 0 Å². The Kier molecular flexibility index (Phi) is 10.5. The Bertz CT molecular complexity index is 706. The minimum atomic E-state index is -0.238. The van der Waals surface area contributed by atoms with Crippen molar-refractivity contribution in [2.24, 2.45) is 5.92 Å². The third-order valence-corrected chi connectivity index (χ3v) is 5.58. The van der Waals surface area contributed by atoms with Crippen molar-refractivity contribution in [3.05, 3.63) is 53.7 Å². The molecule has 0 spiro atoms. The molecule has 29 heavy (non-hydrogen) atoms. The Balaban J connectivity index is 1.76. The number of carbonyl (C=O) groups is 1. The van der Waals surface area contributed by atoms with E-state index in [4.69, 9.17) is 4.74 Å². The van der Waals surface area contributed by atoms with E-state index in [1.165, 1.54) is 44.1 Å². The van der Waals surface area contributed by atoms with Gasteiger partial charge in [0, 0.05) is 11.8 Å². The molecule has 0 bridgehead atoms. The topological polar surface area (TPSA) is 39.2 Å². The third-order valence-electron chi connectivity index (χ3n) is 5.58. The van der Waals surface area contributed by atoms with Crippen molar-refractivity contribution in [2.45, 2.75) is 78.6 Å². The summed E-state index contributed by atoms with van der Waals surface area (Å²) < 4.78 is 5.41. The first-order valence-electron chi connectivity index (χ1n) is 11.4. The van der Waals surface area contributed by atoms with Crippen molar-refractivity contribution in [3.63, 3.8) is 0 Å². The van der Waals surface area contributed by atoms with Crippen LogP contribution in [0.3, 0.4) is 0 Å². The molecule has 0 aliphatic rings. The van der Waals surface area contributed by atoms with Gasteiger partial charge in [0.25, 0.3) is 0 Å². The van der Waals surface area contributed by atoms with E-state index in [1.54, 1.807) is 0 Å². The Morgan fingerprint density at radius 2 is 1.76 bits per heavy atom. The van der Waals surface area contributed by atoms with Crippen molar-refractivity contribution < 1.29 is 9.53 Å². The first kappa shape index (κ1) is 23.1. The van der Waals surface area contributed by atoms with Crippen LogP contribution in [0.15, 0.2) is 42.6 Å². The maximum Gasteiger partial charge on any atom is 0.338 e. The molecular formula is C26H37NO2. The summed E-state index contributed by atoms with van der Waals surface area (Å²) in [6.07, 6.45) is 12.5. The van der Waals surface area contributed by atoms with E-state index in [9.17, 15) is 4.79 Å². The Hall–Kier alpha value is -2.16. The number of aromatic nitrogens is 1. The molecule has 0 radical (unpaired) electrons. The zero-order valence-corrected chi connectivity index (χ0v) is 18.5. The number of hydrogen-bond donors (Lipinski definition) is 0. The molecule has 0 amide bonds. The SMILES string of the molecule is CCCCCc1ccc(-c2ccc(C(=O)OCCCCCC(C)CC)cc2)nc1. The zero-order valence-electron chi connectivity index (χ0n) is 18.5. The van der Waals surface area contributed by atoms with E-state index >= 15 is 0 Å². The van der Waals surface area contributed by atoms with Crippen LogP contribution in [-0.2, 0) is 11.2 Å². The van der Waals surface area contributed by atoms with Crippen LogP contribution in [0.25, 0.3) is 11.3 Å². The Labute approximate surface area is 176 Å². The summed E-state index contributed by atoms with van der Waals surface area (Å²) in [5, 5.41) is 0. The number of rotatable bonds is 13. The van der Waals surface area contributed by atoms with Gasteiger partial charge in [0.05, 0.1) is 17.9 Å². The summed E-state index contributed by atoms with van der Waals surface area (Å²) in [7, 11) is 0. The van der Waals surface area contributed by atoms with Gasteiger partial charge in [-0.05, 0) is 48.9 Å². The largest absolute Gasteiger partial charge is 0.462 e. The number of benzene rings is 1. The second-order valence-electron chi connectivity index (χ2n) is 8.08. The molecule has 1 atom stereocenters. The molecule has 3 heteroatoms. The van der Waals surface area contributed by atoms with Crippen LogP contribution < -0.4 is 0 Å². The predicted octanol–water partition coefficient (Wildman–Crippen LogP) is 7.24. The van der Waals surface area contributed by atoms with Crippen molar-refractivity contribution in [3.8, 4) is 11.3 Å². The molecule has 2 rings (SSSR count). The first-order valence-corrected chi connectivity index (χ1v) is 11.4. The van der Waals surface area contributed by atoms with Gasteiger partial charge in [-0.3, -0.25) is 4.98 Å². The maximum atomic E-state index is 12.2. The van der Waals surface area contributed by atoms with Crippen LogP contribution in [-0.4, -0.2) is 17.6 Å². The Morgan fingerprint density at radius 1 is 0.966 bits per heavy atom. The molecule has 0 fully saturated rings. The lowest BCUT2D eigenvalue weighted by atomic mass is 10.0. The number of ether oxygens (including phenoxy) is 1. The molecule has 0 saturated heterocycles. The van der Waals surface area contributed by atoms with Gasteiger partial charge in [0.1, 0.15) is 0 Å². The van der Waals surface area contributed by atoms with Gasteiger partial charge in [0.2, 0.25) is 0 Å². The molecule has 0 aliphatic carbocycles. The molecule has 0 aliphatic heterocycles. The molecule has 2 aromatic rings. The fourth-order valence-corrected chi connectivity index (χ4v) is 3.32. The molecule has 158 valence electrons. The molecule has 1 unspecified atom stereocenters. The lowest BCUT2D eigenvalue weighted by Gasteiger charge is -2.08. The summed E-state index contributed by atoms with van der Waals surface area (Å²) in [5.41, 5.74) is 3.84. The first-order chi connectivity index (χ1) is 14.1. The average Bonchev–Trinajstić information content (AvgIpc) is 2.76. The quantitative estimate of drug-likeness (QED) is 0.265. The van der Waals surface area contributed by atoms with Crippen molar-refractivity contribution in [1.82, 2.24) is 4.98 Å². The number of esters is 1. The fraction of sp³-hybridized carbons (Fsp3) is 0.538. The van der Waals surface area contributed by atoms with E-state index < -0.39 is 0 Å². The van der Waals surface area contributed by atoms with Gasteiger partial charge < -0.3 is 4.74 Å². The van der Waals surface area contributed by atoms with Gasteiger partial charge in [-0.15, -0.1) is 0 Å². The normalized spacial score (nSPS) is 12.0. The number of carbonyl (C=O) groups excluding carboxylic acids is 1. The number of hydrogen-bond acceptors (Lipinski definition) is 3. The fourth-order valence-electron chi connectivity index (χ4n) is 3.32. The molecule has 1 aromatic carbocycles.